The first kappa shape index (κ1) is 17.1. The first-order valence-electron chi connectivity index (χ1n) is 10.0. The number of hydrogen-bond donors (Lipinski definition) is 0. The van der Waals surface area contributed by atoms with E-state index in [0.717, 1.165) is 49.1 Å². The molecule has 0 heterocycles. The van der Waals surface area contributed by atoms with E-state index in [2.05, 4.69) is 24.2 Å². The third kappa shape index (κ3) is 2.39. The number of nitroso groups, excluding NO2 is 1. The van der Waals surface area contributed by atoms with Crippen LogP contribution in [0, 0.1) is 39.4 Å². The van der Waals surface area contributed by atoms with Crippen LogP contribution in [0.5, 0.6) is 0 Å². The van der Waals surface area contributed by atoms with E-state index in [1.54, 1.807) is 0 Å². The lowest BCUT2D eigenvalue weighted by Crippen LogP contribution is -2.51. The van der Waals surface area contributed by atoms with Crippen molar-refractivity contribution in [2.75, 3.05) is 0 Å². The molecule has 0 amide bonds. The SMILES string of the molecule is C/C(=N\N=O)[C@H]1CCC2[C@@H]3CCC4=CC(=O)CC[C@]4(C)C3CC[C@@]21C. The van der Waals surface area contributed by atoms with Gasteiger partial charge in [0.25, 0.3) is 0 Å². The predicted molar refractivity (Wildman–Crippen MR) is 99.1 cm³/mol. The van der Waals surface area contributed by atoms with Crippen LogP contribution in [0.1, 0.15) is 72.1 Å². The fourth-order valence-electron chi connectivity index (χ4n) is 7.38. The lowest BCUT2D eigenvalue weighted by atomic mass is 9.46. The normalized spacial score (nSPS) is 46.8. The molecule has 0 aromatic heterocycles. The lowest BCUT2D eigenvalue weighted by Gasteiger charge is -2.58. The van der Waals surface area contributed by atoms with Crippen molar-refractivity contribution >= 4 is 11.5 Å². The van der Waals surface area contributed by atoms with Crippen LogP contribution in [0.15, 0.2) is 22.0 Å². The van der Waals surface area contributed by atoms with Crippen LogP contribution in [0.4, 0.5) is 0 Å². The van der Waals surface area contributed by atoms with Crippen LogP contribution in [-0.4, -0.2) is 11.5 Å². The Hall–Kier alpha value is -1.32. The number of ketones is 1. The van der Waals surface area contributed by atoms with Crippen molar-refractivity contribution in [1.29, 1.82) is 0 Å². The largest absolute Gasteiger partial charge is 0.295 e. The van der Waals surface area contributed by atoms with Gasteiger partial charge in [0.1, 0.15) is 0 Å². The molecule has 4 aliphatic carbocycles. The molecule has 136 valence electrons. The molecule has 3 saturated carbocycles. The summed E-state index contributed by atoms with van der Waals surface area (Å²) in [4.78, 5) is 22.5. The van der Waals surface area contributed by atoms with Gasteiger partial charge in [-0.1, -0.05) is 19.4 Å². The van der Waals surface area contributed by atoms with E-state index in [0.29, 0.717) is 11.7 Å². The molecule has 0 saturated heterocycles. The molecule has 0 spiro atoms. The molecule has 3 fully saturated rings. The molecule has 4 nitrogen and oxygen atoms in total. The highest BCUT2D eigenvalue weighted by Gasteiger charge is 2.59. The number of carbonyl (C=O) groups is 1. The standard InChI is InChI=1S/C21H30N2O2/c1-13(22-23-25)17-6-7-18-16-5-4-14-12-15(24)8-10-20(14,2)19(16)9-11-21(17,18)3/h12,16-19H,4-11H2,1-3H3/b22-13+/t16-,17+,18?,19?,20-,21+/m0/s1. The predicted octanol–water partition coefficient (Wildman–Crippen LogP) is 5.28. The minimum Gasteiger partial charge on any atom is -0.295 e. The number of hydrogen-bond acceptors (Lipinski definition) is 3. The molecule has 6 atom stereocenters. The molecule has 0 aromatic rings. The molecule has 25 heavy (non-hydrogen) atoms. The number of rotatable bonds is 2. The van der Waals surface area contributed by atoms with Crippen molar-refractivity contribution in [1.82, 2.24) is 0 Å². The maximum absolute atomic E-state index is 11.9. The summed E-state index contributed by atoms with van der Waals surface area (Å²) < 4.78 is 0. The van der Waals surface area contributed by atoms with Gasteiger partial charge in [0.2, 0.25) is 0 Å². The van der Waals surface area contributed by atoms with E-state index >= 15 is 0 Å². The first-order valence-corrected chi connectivity index (χ1v) is 10.0. The average Bonchev–Trinajstić information content (AvgIpc) is 2.93. The Labute approximate surface area is 150 Å². The minimum atomic E-state index is 0.240. The fraction of sp³-hybridized carbons (Fsp3) is 0.810. The van der Waals surface area contributed by atoms with Crippen molar-refractivity contribution in [3.8, 4) is 0 Å². The third-order valence-corrected chi connectivity index (χ3v) is 8.66. The van der Waals surface area contributed by atoms with Gasteiger partial charge in [-0.25, -0.2) is 0 Å². The number of carbonyl (C=O) groups excluding carboxylic acids is 1. The van der Waals surface area contributed by atoms with Gasteiger partial charge in [-0.05, 0) is 86.5 Å². The van der Waals surface area contributed by atoms with Crippen LogP contribution in [0.2, 0.25) is 0 Å². The van der Waals surface area contributed by atoms with E-state index < -0.39 is 0 Å². The van der Waals surface area contributed by atoms with Gasteiger partial charge in [0, 0.05) is 18.1 Å². The molecular weight excluding hydrogens is 312 g/mol. The van der Waals surface area contributed by atoms with E-state index in [-0.39, 0.29) is 10.8 Å². The Morgan fingerprint density at radius 3 is 2.64 bits per heavy atom. The summed E-state index contributed by atoms with van der Waals surface area (Å²) in [6.45, 7) is 6.86. The highest BCUT2D eigenvalue weighted by molar-refractivity contribution is 5.91. The number of nitrogens with zero attached hydrogens (tertiary/aromatic N) is 2. The summed E-state index contributed by atoms with van der Waals surface area (Å²) in [6, 6.07) is 0. The average molecular weight is 342 g/mol. The summed E-state index contributed by atoms with van der Waals surface area (Å²) in [7, 11) is 0. The van der Waals surface area contributed by atoms with Crippen molar-refractivity contribution in [3.05, 3.63) is 16.6 Å². The van der Waals surface area contributed by atoms with Crippen molar-refractivity contribution < 1.29 is 4.79 Å². The zero-order valence-electron chi connectivity index (χ0n) is 15.8. The molecule has 4 rings (SSSR count). The summed E-state index contributed by atoms with van der Waals surface area (Å²) in [5, 5.41) is 6.67. The van der Waals surface area contributed by atoms with E-state index in [9.17, 15) is 9.70 Å². The van der Waals surface area contributed by atoms with Gasteiger partial charge in [0.15, 0.2) is 5.78 Å². The molecule has 0 aromatic carbocycles. The zero-order chi connectivity index (χ0) is 17.8. The van der Waals surface area contributed by atoms with E-state index in [4.69, 9.17) is 0 Å². The van der Waals surface area contributed by atoms with Crippen molar-refractivity contribution in [2.24, 2.45) is 44.9 Å². The van der Waals surface area contributed by atoms with Crippen molar-refractivity contribution in [2.45, 2.75) is 72.1 Å². The van der Waals surface area contributed by atoms with Gasteiger partial charge in [-0.3, -0.25) is 4.79 Å². The van der Waals surface area contributed by atoms with Gasteiger partial charge in [-0.2, -0.15) is 0 Å². The molecule has 4 aliphatic rings. The third-order valence-electron chi connectivity index (χ3n) is 8.66. The highest BCUT2D eigenvalue weighted by atomic mass is 16.3. The summed E-state index contributed by atoms with van der Waals surface area (Å²) in [6.07, 6.45) is 10.9. The second kappa shape index (κ2) is 5.85. The van der Waals surface area contributed by atoms with Crippen LogP contribution in [0.25, 0.3) is 0 Å². The monoisotopic (exact) mass is 342 g/mol. The summed E-state index contributed by atoms with van der Waals surface area (Å²) in [5.41, 5.74) is 2.88. The molecule has 0 aliphatic heterocycles. The Morgan fingerprint density at radius 2 is 1.88 bits per heavy atom. The lowest BCUT2D eigenvalue weighted by molar-refractivity contribution is -0.117. The summed E-state index contributed by atoms with van der Waals surface area (Å²) >= 11 is 0. The fourth-order valence-corrected chi connectivity index (χ4v) is 7.38. The Balaban J connectivity index is 1.65. The topological polar surface area (TPSA) is 58.9 Å². The van der Waals surface area contributed by atoms with Crippen LogP contribution >= 0.6 is 0 Å². The highest BCUT2D eigenvalue weighted by Crippen LogP contribution is 2.66. The van der Waals surface area contributed by atoms with Gasteiger partial charge in [-0.15, -0.1) is 10.0 Å². The van der Waals surface area contributed by atoms with Crippen LogP contribution in [-0.2, 0) is 4.79 Å². The molecule has 4 heteroatoms. The number of allylic oxidation sites excluding steroid dienone is 1. The molecule has 0 radical (unpaired) electrons. The maximum atomic E-state index is 11.9. The molecule has 0 N–H and O–H groups in total. The van der Waals surface area contributed by atoms with Crippen LogP contribution < -0.4 is 0 Å². The second-order valence-electron chi connectivity index (χ2n) is 9.47. The van der Waals surface area contributed by atoms with Gasteiger partial charge < -0.3 is 0 Å². The quantitative estimate of drug-likeness (QED) is 0.389. The smallest absolute Gasteiger partial charge is 0.155 e. The first-order chi connectivity index (χ1) is 11.9. The molecular formula is C21H30N2O2. The summed E-state index contributed by atoms with van der Waals surface area (Å²) in [5.74, 6) is 2.95. The van der Waals surface area contributed by atoms with E-state index in [1.807, 2.05) is 13.0 Å². The zero-order valence-corrected chi connectivity index (χ0v) is 15.8. The minimum absolute atomic E-state index is 0.240. The van der Waals surface area contributed by atoms with Gasteiger partial charge >= 0.3 is 0 Å². The number of fused-ring (bicyclic) bond motifs is 5. The Kier molecular flexibility index (Phi) is 4.01. The Bertz CT molecular complexity index is 667. The maximum Gasteiger partial charge on any atom is 0.155 e. The van der Waals surface area contributed by atoms with E-state index in [1.165, 1.54) is 31.3 Å². The molecule has 2 unspecified atom stereocenters. The van der Waals surface area contributed by atoms with Crippen molar-refractivity contribution in [3.63, 3.8) is 0 Å². The van der Waals surface area contributed by atoms with Crippen LogP contribution in [0.3, 0.4) is 0 Å². The molecule has 0 bridgehead atoms. The Morgan fingerprint density at radius 1 is 1.08 bits per heavy atom. The van der Waals surface area contributed by atoms with Gasteiger partial charge in [0.05, 0.1) is 5.29 Å². The second-order valence-corrected chi connectivity index (χ2v) is 9.47.